The maximum atomic E-state index is 1.57. The number of rotatable bonds is 2. The van der Waals surface area contributed by atoms with Gasteiger partial charge < -0.3 is 0 Å². The molecule has 0 saturated heterocycles. The van der Waals surface area contributed by atoms with E-state index >= 15 is 0 Å². The molecule has 2 unspecified atom stereocenters. The normalized spacial score (nSPS) is 34.4. The van der Waals surface area contributed by atoms with Crippen LogP contribution in [0.25, 0.3) is 0 Å². The van der Waals surface area contributed by atoms with Crippen LogP contribution in [-0.2, 0) is 0 Å². The van der Waals surface area contributed by atoms with Crippen LogP contribution in [-0.4, -0.2) is 0 Å². The third-order valence-corrected chi connectivity index (χ3v) is 7.43. The highest BCUT2D eigenvalue weighted by Gasteiger charge is 2.28. The Balaban J connectivity index is 1.43. The van der Waals surface area contributed by atoms with E-state index in [1.54, 1.807) is 64.2 Å². The highest BCUT2D eigenvalue weighted by Crippen LogP contribution is 2.41. The van der Waals surface area contributed by atoms with Gasteiger partial charge in [-0.3, -0.25) is 0 Å². The summed E-state index contributed by atoms with van der Waals surface area (Å²) in [5.41, 5.74) is 0. The molecule has 0 heterocycles. The molecule has 0 spiro atoms. The summed E-state index contributed by atoms with van der Waals surface area (Å²) in [4.78, 5) is 0. The Labute approximate surface area is 139 Å². The van der Waals surface area contributed by atoms with Crippen molar-refractivity contribution in [1.82, 2.24) is 0 Å². The van der Waals surface area contributed by atoms with E-state index in [1.807, 2.05) is 0 Å². The van der Waals surface area contributed by atoms with Gasteiger partial charge in [-0.25, -0.2) is 0 Å². The molecule has 0 heteroatoms. The van der Waals surface area contributed by atoms with Crippen molar-refractivity contribution in [2.24, 2.45) is 23.7 Å². The third kappa shape index (κ3) is 5.00. The molecule has 3 aliphatic rings. The molecule has 3 aliphatic carbocycles. The first-order valence-electron chi connectivity index (χ1n) is 10.9. The second kappa shape index (κ2) is 9.33. The monoisotopic (exact) mass is 304 g/mol. The summed E-state index contributed by atoms with van der Waals surface area (Å²) in [5, 5.41) is 0. The first-order valence-corrected chi connectivity index (χ1v) is 10.9. The molecule has 3 rings (SSSR count). The molecule has 0 nitrogen and oxygen atoms in total. The van der Waals surface area contributed by atoms with Crippen LogP contribution in [0.1, 0.15) is 116 Å². The van der Waals surface area contributed by atoms with Crippen molar-refractivity contribution in [3.05, 3.63) is 0 Å². The zero-order valence-corrected chi connectivity index (χ0v) is 15.0. The van der Waals surface area contributed by atoms with Crippen LogP contribution in [0, 0.1) is 23.7 Å². The van der Waals surface area contributed by atoms with Gasteiger partial charge in [-0.2, -0.15) is 0 Å². The summed E-state index contributed by atoms with van der Waals surface area (Å²) in [6, 6.07) is 0. The Morgan fingerprint density at radius 1 is 0.227 bits per heavy atom. The summed E-state index contributed by atoms with van der Waals surface area (Å²) >= 11 is 0. The van der Waals surface area contributed by atoms with Crippen molar-refractivity contribution in [1.29, 1.82) is 0 Å². The minimum atomic E-state index is 1.11. The van der Waals surface area contributed by atoms with Gasteiger partial charge in [0, 0.05) is 0 Å². The molecule has 0 aromatic rings. The number of hydrogen-bond donors (Lipinski definition) is 0. The minimum absolute atomic E-state index is 1.11. The van der Waals surface area contributed by atoms with Gasteiger partial charge in [-0.05, 0) is 23.7 Å². The quantitative estimate of drug-likeness (QED) is 0.495. The third-order valence-electron chi connectivity index (χ3n) is 7.43. The van der Waals surface area contributed by atoms with Crippen molar-refractivity contribution in [2.45, 2.75) is 116 Å². The summed E-state index contributed by atoms with van der Waals surface area (Å²) in [6.45, 7) is 0. The summed E-state index contributed by atoms with van der Waals surface area (Å²) < 4.78 is 0. The molecular formula is C22H40. The molecule has 0 bridgehead atoms. The largest absolute Gasteiger partial charge is 0.0533 e. The molecule has 3 saturated carbocycles. The van der Waals surface area contributed by atoms with Crippen molar-refractivity contribution in [2.75, 3.05) is 0 Å². The highest BCUT2D eigenvalue weighted by atomic mass is 14.3. The van der Waals surface area contributed by atoms with Crippen molar-refractivity contribution in [3.8, 4) is 0 Å². The lowest BCUT2D eigenvalue weighted by Gasteiger charge is -2.35. The smallest absolute Gasteiger partial charge is 0.0386 e. The van der Waals surface area contributed by atoms with Crippen LogP contribution in [0.4, 0.5) is 0 Å². The predicted octanol–water partition coefficient (Wildman–Crippen LogP) is 7.51. The average molecular weight is 305 g/mol. The topological polar surface area (TPSA) is 0 Å². The fraction of sp³-hybridized carbons (Fsp3) is 1.00. The zero-order chi connectivity index (χ0) is 15.0. The lowest BCUT2D eigenvalue weighted by molar-refractivity contribution is 0.167. The Bertz CT molecular complexity index is 258. The van der Waals surface area contributed by atoms with E-state index in [-0.39, 0.29) is 0 Å². The van der Waals surface area contributed by atoms with Gasteiger partial charge in [0.15, 0.2) is 0 Å². The van der Waals surface area contributed by atoms with Crippen molar-refractivity contribution >= 4 is 0 Å². The van der Waals surface area contributed by atoms with E-state index in [9.17, 15) is 0 Å². The molecule has 0 aromatic carbocycles. The highest BCUT2D eigenvalue weighted by molar-refractivity contribution is 4.79. The second-order valence-corrected chi connectivity index (χ2v) is 8.89. The standard InChI is InChI=1S/C22H40/c1-2-5-11-19(21-15-9-16-21)13-7-4-8-14-20(12-6-3-1)22-17-10-18-22/h19-22H,1-18H2. The van der Waals surface area contributed by atoms with E-state index in [0.29, 0.717) is 0 Å². The zero-order valence-electron chi connectivity index (χ0n) is 15.0. The van der Waals surface area contributed by atoms with E-state index in [0.717, 1.165) is 23.7 Å². The lowest BCUT2D eigenvalue weighted by Crippen LogP contribution is -2.23. The summed E-state index contributed by atoms with van der Waals surface area (Å²) in [6.07, 6.45) is 27.8. The van der Waals surface area contributed by atoms with Crippen LogP contribution in [0.2, 0.25) is 0 Å². The van der Waals surface area contributed by atoms with Crippen LogP contribution < -0.4 is 0 Å². The van der Waals surface area contributed by atoms with Gasteiger partial charge in [0.05, 0.1) is 0 Å². The van der Waals surface area contributed by atoms with Crippen LogP contribution in [0.15, 0.2) is 0 Å². The Morgan fingerprint density at radius 3 is 0.727 bits per heavy atom. The molecule has 0 N–H and O–H groups in total. The Kier molecular flexibility index (Phi) is 7.15. The number of hydrogen-bond acceptors (Lipinski definition) is 0. The maximum Gasteiger partial charge on any atom is -0.0386 e. The molecular weight excluding hydrogens is 264 g/mol. The first-order chi connectivity index (χ1) is 10.9. The van der Waals surface area contributed by atoms with Crippen molar-refractivity contribution in [3.63, 3.8) is 0 Å². The Hall–Kier alpha value is 0. The van der Waals surface area contributed by atoms with E-state index in [1.165, 1.54) is 51.4 Å². The fourth-order valence-corrected chi connectivity index (χ4v) is 5.39. The molecule has 0 aromatic heterocycles. The summed E-state index contributed by atoms with van der Waals surface area (Å²) in [7, 11) is 0. The van der Waals surface area contributed by atoms with Gasteiger partial charge in [0.25, 0.3) is 0 Å². The van der Waals surface area contributed by atoms with Crippen LogP contribution in [0.5, 0.6) is 0 Å². The maximum absolute atomic E-state index is 1.57. The molecule has 128 valence electrons. The molecule has 0 amide bonds. The van der Waals surface area contributed by atoms with E-state index in [2.05, 4.69) is 0 Å². The van der Waals surface area contributed by atoms with Gasteiger partial charge in [0.2, 0.25) is 0 Å². The van der Waals surface area contributed by atoms with E-state index < -0.39 is 0 Å². The van der Waals surface area contributed by atoms with Gasteiger partial charge in [-0.1, -0.05) is 116 Å². The first kappa shape index (κ1) is 16.8. The Morgan fingerprint density at radius 2 is 0.455 bits per heavy atom. The fourth-order valence-electron chi connectivity index (χ4n) is 5.39. The molecule has 0 radical (unpaired) electrons. The van der Waals surface area contributed by atoms with Gasteiger partial charge in [0.1, 0.15) is 0 Å². The van der Waals surface area contributed by atoms with Crippen molar-refractivity contribution < 1.29 is 0 Å². The minimum Gasteiger partial charge on any atom is -0.0533 e. The van der Waals surface area contributed by atoms with Crippen LogP contribution >= 0.6 is 0 Å². The lowest BCUT2D eigenvalue weighted by atomic mass is 9.71. The van der Waals surface area contributed by atoms with Gasteiger partial charge >= 0.3 is 0 Å². The van der Waals surface area contributed by atoms with E-state index in [4.69, 9.17) is 0 Å². The second-order valence-electron chi connectivity index (χ2n) is 8.89. The average Bonchev–Trinajstić information content (AvgIpc) is 2.40. The molecule has 0 aliphatic heterocycles. The summed E-state index contributed by atoms with van der Waals surface area (Å²) in [5.74, 6) is 4.49. The SMILES string of the molecule is C1CCCC(C2CCC2)CCCCCC(C2CCC2)CCC1. The molecule has 22 heavy (non-hydrogen) atoms. The van der Waals surface area contributed by atoms with Gasteiger partial charge in [-0.15, -0.1) is 0 Å². The molecule has 2 atom stereocenters. The molecule has 3 fully saturated rings. The van der Waals surface area contributed by atoms with Crippen LogP contribution in [0.3, 0.4) is 0 Å². The predicted molar refractivity (Wildman–Crippen MR) is 97.1 cm³/mol.